The van der Waals surface area contributed by atoms with Crippen molar-refractivity contribution in [1.82, 2.24) is 0 Å². The molecule has 0 aliphatic rings. The molecule has 1 aromatic carbocycles. The van der Waals surface area contributed by atoms with Gasteiger partial charge >= 0.3 is 5.97 Å². The summed E-state index contributed by atoms with van der Waals surface area (Å²) in [6.07, 6.45) is 1.02. The van der Waals surface area contributed by atoms with Gasteiger partial charge in [-0.1, -0.05) is 12.1 Å². The molecular weight excluding hydrogens is 326 g/mol. The minimum absolute atomic E-state index is 0.192. The number of rotatable bonds is 5. The SMILES string of the molecule is Nc1cccc(CCC(=O)OCc2sccc2Br)c1. The molecule has 0 aliphatic heterocycles. The Hall–Kier alpha value is -1.33. The first-order valence-electron chi connectivity index (χ1n) is 5.87. The van der Waals surface area contributed by atoms with Crippen molar-refractivity contribution in [2.45, 2.75) is 19.4 Å². The van der Waals surface area contributed by atoms with E-state index in [-0.39, 0.29) is 5.97 Å². The molecule has 0 atom stereocenters. The maximum Gasteiger partial charge on any atom is 0.306 e. The molecule has 1 heterocycles. The van der Waals surface area contributed by atoms with Gasteiger partial charge in [0.15, 0.2) is 0 Å². The number of hydrogen-bond acceptors (Lipinski definition) is 4. The highest BCUT2D eigenvalue weighted by Crippen LogP contribution is 2.23. The van der Waals surface area contributed by atoms with Crippen LogP contribution in [0.2, 0.25) is 0 Å². The van der Waals surface area contributed by atoms with Gasteiger partial charge in [-0.3, -0.25) is 4.79 Å². The molecule has 2 rings (SSSR count). The zero-order valence-electron chi connectivity index (χ0n) is 10.3. The van der Waals surface area contributed by atoms with Crippen LogP contribution in [0, 0.1) is 0 Å². The van der Waals surface area contributed by atoms with Crippen molar-refractivity contribution in [2.75, 3.05) is 5.73 Å². The Morgan fingerprint density at radius 1 is 1.37 bits per heavy atom. The molecule has 0 fully saturated rings. The largest absolute Gasteiger partial charge is 0.460 e. The van der Waals surface area contributed by atoms with E-state index in [0.29, 0.717) is 25.1 Å². The summed E-state index contributed by atoms with van der Waals surface area (Å²) in [6, 6.07) is 9.50. The van der Waals surface area contributed by atoms with Crippen LogP contribution in [-0.4, -0.2) is 5.97 Å². The van der Waals surface area contributed by atoms with Gasteiger partial charge in [0, 0.05) is 16.6 Å². The summed E-state index contributed by atoms with van der Waals surface area (Å²) in [5.74, 6) is -0.192. The van der Waals surface area contributed by atoms with Crippen molar-refractivity contribution in [1.29, 1.82) is 0 Å². The molecular formula is C14H14BrNO2S. The van der Waals surface area contributed by atoms with Gasteiger partial charge in [-0.05, 0) is 51.5 Å². The highest BCUT2D eigenvalue weighted by atomic mass is 79.9. The van der Waals surface area contributed by atoms with E-state index in [9.17, 15) is 4.79 Å². The van der Waals surface area contributed by atoms with Crippen LogP contribution in [0.4, 0.5) is 5.69 Å². The lowest BCUT2D eigenvalue weighted by Gasteiger charge is -2.04. The Labute approximate surface area is 124 Å². The summed E-state index contributed by atoms with van der Waals surface area (Å²) in [5, 5.41) is 1.96. The van der Waals surface area contributed by atoms with E-state index in [4.69, 9.17) is 10.5 Å². The van der Waals surface area contributed by atoms with Crippen molar-refractivity contribution < 1.29 is 9.53 Å². The number of ether oxygens (including phenoxy) is 1. The summed E-state index contributed by atoms with van der Waals surface area (Å²) in [6.45, 7) is 0.327. The van der Waals surface area contributed by atoms with E-state index in [2.05, 4.69) is 15.9 Å². The first kappa shape index (κ1) is 14.1. The molecule has 0 saturated carbocycles. The molecule has 1 aromatic heterocycles. The van der Waals surface area contributed by atoms with Crippen LogP contribution in [0.15, 0.2) is 40.2 Å². The van der Waals surface area contributed by atoms with Gasteiger partial charge in [-0.2, -0.15) is 0 Å². The predicted octanol–water partition coefficient (Wildman–Crippen LogP) is 3.77. The first-order valence-corrected chi connectivity index (χ1v) is 7.54. The molecule has 0 aliphatic carbocycles. The minimum atomic E-state index is -0.192. The van der Waals surface area contributed by atoms with Gasteiger partial charge in [0.1, 0.15) is 6.61 Å². The summed E-state index contributed by atoms with van der Waals surface area (Å²) < 4.78 is 6.22. The molecule has 0 saturated heterocycles. The van der Waals surface area contributed by atoms with E-state index in [1.807, 2.05) is 35.7 Å². The minimum Gasteiger partial charge on any atom is -0.460 e. The average Bonchev–Trinajstić information content (AvgIpc) is 2.80. The maximum atomic E-state index is 11.6. The number of thiophene rings is 1. The first-order chi connectivity index (χ1) is 9.15. The quantitative estimate of drug-likeness (QED) is 0.666. The van der Waals surface area contributed by atoms with Crippen molar-refractivity contribution in [3.05, 3.63) is 50.6 Å². The van der Waals surface area contributed by atoms with Gasteiger partial charge in [-0.25, -0.2) is 0 Å². The molecule has 0 spiro atoms. The normalized spacial score (nSPS) is 10.4. The van der Waals surface area contributed by atoms with E-state index in [1.54, 1.807) is 11.3 Å². The van der Waals surface area contributed by atoms with Crippen molar-refractivity contribution in [3.8, 4) is 0 Å². The van der Waals surface area contributed by atoms with Gasteiger partial charge < -0.3 is 10.5 Å². The topological polar surface area (TPSA) is 52.3 Å². The highest BCUT2D eigenvalue weighted by molar-refractivity contribution is 9.10. The summed E-state index contributed by atoms with van der Waals surface area (Å²) in [7, 11) is 0. The Morgan fingerprint density at radius 3 is 2.89 bits per heavy atom. The van der Waals surface area contributed by atoms with Crippen molar-refractivity contribution >= 4 is 38.9 Å². The summed E-state index contributed by atoms with van der Waals surface area (Å²) >= 11 is 4.97. The van der Waals surface area contributed by atoms with Gasteiger partial charge in [0.2, 0.25) is 0 Å². The smallest absolute Gasteiger partial charge is 0.306 e. The third-order valence-corrected chi connectivity index (χ3v) is 4.52. The second-order valence-electron chi connectivity index (χ2n) is 4.10. The van der Waals surface area contributed by atoms with Crippen LogP contribution in [-0.2, 0) is 22.6 Å². The van der Waals surface area contributed by atoms with Gasteiger partial charge in [0.05, 0.1) is 4.88 Å². The van der Waals surface area contributed by atoms with Crippen LogP contribution >= 0.6 is 27.3 Å². The zero-order chi connectivity index (χ0) is 13.7. The standard InChI is InChI=1S/C14H14BrNO2S/c15-12-6-7-19-13(12)9-18-14(17)5-4-10-2-1-3-11(16)8-10/h1-3,6-8H,4-5,9,16H2. The molecule has 0 bridgehead atoms. The second kappa shape index (κ2) is 6.73. The molecule has 19 heavy (non-hydrogen) atoms. The van der Waals surface area contributed by atoms with Crippen LogP contribution in [0.3, 0.4) is 0 Å². The lowest BCUT2D eigenvalue weighted by molar-refractivity contribution is -0.144. The summed E-state index contributed by atoms with van der Waals surface area (Å²) in [5.41, 5.74) is 7.45. The number of carbonyl (C=O) groups is 1. The molecule has 5 heteroatoms. The van der Waals surface area contributed by atoms with Crippen LogP contribution in [0.1, 0.15) is 16.9 Å². The molecule has 2 aromatic rings. The monoisotopic (exact) mass is 339 g/mol. The van der Waals surface area contributed by atoms with E-state index in [0.717, 1.165) is 14.9 Å². The Balaban J connectivity index is 1.77. The zero-order valence-corrected chi connectivity index (χ0v) is 12.7. The Morgan fingerprint density at radius 2 is 2.21 bits per heavy atom. The number of nitrogens with two attached hydrogens (primary N) is 1. The lowest BCUT2D eigenvalue weighted by Crippen LogP contribution is -2.05. The van der Waals surface area contributed by atoms with Gasteiger partial charge in [0.25, 0.3) is 0 Å². The molecule has 0 radical (unpaired) electrons. The van der Waals surface area contributed by atoms with Crippen LogP contribution in [0.5, 0.6) is 0 Å². The summed E-state index contributed by atoms with van der Waals surface area (Å²) in [4.78, 5) is 12.7. The molecule has 0 unspecified atom stereocenters. The average molecular weight is 340 g/mol. The van der Waals surface area contributed by atoms with Crippen LogP contribution in [0.25, 0.3) is 0 Å². The predicted molar refractivity (Wildman–Crippen MR) is 81.0 cm³/mol. The molecule has 0 amide bonds. The maximum absolute atomic E-state index is 11.6. The Bertz CT molecular complexity index is 568. The van der Waals surface area contributed by atoms with E-state index < -0.39 is 0 Å². The lowest BCUT2D eigenvalue weighted by atomic mass is 10.1. The third kappa shape index (κ3) is 4.36. The fraction of sp³-hybridized carbons (Fsp3) is 0.214. The number of esters is 1. The number of aryl methyl sites for hydroxylation is 1. The number of anilines is 1. The van der Waals surface area contributed by atoms with Gasteiger partial charge in [-0.15, -0.1) is 11.3 Å². The molecule has 3 nitrogen and oxygen atoms in total. The van der Waals surface area contributed by atoms with Crippen molar-refractivity contribution in [3.63, 3.8) is 0 Å². The molecule has 100 valence electrons. The Kier molecular flexibility index (Phi) is 4.99. The number of hydrogen-bond donors (Lipinski definition) is 1. The highest BCUT2D eigenvalue weighted by Gasteiger charge is 2.07. The number of nitrogen functional groups attached to an aromatic ring is 1. The number of benzene rings is 1. The molecule has 2 N–H and O–H groups in total. The van der Waals surface area contributed by atoms with E-state index in [1.165, 1.54) is 0 Å². The van der Waals surface area contributed by atoms with Crippen molar-refractivity contribution in [2.24, 2.45) is 0 Å². The second-order valence-corrected chi connectivity index (χ2v) is 5.95. The number of carbonyl (C=O) groups excluding carboxylic acids is 1. The fourth-order valence-corrected chi connectivity index (χ4v) is 3.02. The number of halogens is 1. The third-order valence-electron chi connectivity index (χ3n) is 2.62. The fourth-order valence-electron chi connectivity index (χ4n) is 1.64. The van der Waals surface area contributed by atoms with E-state index >= 15 is 0 Å². The van der Waals surface area contributed by atoms with Crippen LogP contribution < -0.4 is 5.73 Å².